The van der Waals surface area contributed by atoms with E-state index in [0.717, 1.165) is 11.4 Å². The summed E-state index contributed by atoms with van der Waals surface area (Å²) in [5.41, 5.74) is 0.865. The summed E-state index contributed by atoms with van der Waals surface area (Å²) in [7, 11) is 1.73. The first-order valence-corrected chi connectivity index (χ1v) is 6.02. The average molecular weight is 260 g/mol. The predicted octanol–water partition coefficient (Wildman–Crippen LogP) is -0.255. The normalized spacial score (nSPS) is 10.4. The fourth-order valence-corrected chi connectivity index (χ4v) is 1.57. The highest BCUT2D eigenvalue weighted by molar-refractivity contribution is 5.77. The maximum absolute atomic E-state index is 11.2. The van der Waals surface area contributed by atoms with Crippen molar-refractivity contribution in [1.29, 1.82) is 0 Å². The molecule has 0 atom stereocenters. The number of carbonyl (C=O) groups excluding carboxylic acids is 1. The smallest absolute Gasteiger partial charge is 0.233 e. The minimum atomic E-state index is -0.0329. The first kappa shape index (κ1) is 13.2. The molecule has 2 heterocycles. The molecule has 2 aromatic rings. The molecule has 0 aliphatic heterocycles. The maximum atomic E-state index is 11.2. The van der Waals surface area contributed by atoms with Gasteiger partial charge in [-0.15, -0.1) is 0 Å². The third-order valence-corrected chi connectivity index (χ3v) is 2.47. The Balaban J connectivity index is 1.86. The fraction of sp³-hybridized carbons (Fsp3) is 0.333. The van der Waals surface area contributed by atoms with Gasteiger partial charge in [-0.2, -0.15) is 5.10 Å². The summed E-state index contributed by atoms with van der Waals surface area (Å²) in [5, 5.41) is 12.5. The quantitative estimate of drug-likeness (QED) is 0.665. The van der Waals surface area contributed by atoms with Crippen LogP contribution < -0.4 is 10.6 Å². The van der Waals surface area contributed by atoms with E-state index in [1.54, 1.807) is 19.4 Å². The van der Waals surface area contributed by atoms with Crippen molar-refractivity contribution < 1.29 is 4.79 Å². The molecular weight excluding hydrogens is 244 g/mol. The third-order valence-electron chi connectivity index (χ3n) is 2.47. The number of nitrogens with zero attached hydrogens (tertiary/aromatic N) is 3. The number of rotatable bonds is 6. The number of amides is 1. The Morgan fingerprint density at radius 1 is 1.47 bits per heavy atom. The van der Waals surface area contributed by atoms with Crippen LogP contribution in [-0.4, -0.2) is 46.2 Å². The van der Waals surface area contributed by atoms with Crippen LogP contribution in [0.5, 0.6) is 0 Å². The van der Waals surface area contributed by atoms with Crippen LogP contribution in [0.25, 0.3) is 11.4 Å². The second-order valence-corrected chi connectivity index (χ2v) is 3.98. The van der Waals surface area contributed by atoms with Crippen molar-refractivity contribution in [3.05, 3.63) is 30.4 Å². The van der Waals surface area contributed by atoms with Crippen LogP contribution in [0, 0.1) is 0 Å². The average Bonchev–Trinajstić information content (AvgIpc) is 2.89. The van der Waals surface area contributed by atoms with Crippen molar-refractivity contribution in [2.75, 3.05) is 20.1 Å². The van der Waals surface area contributed by atoms with Crippen LogP contribution in [0.3, 0.4) is 0 Å². The molecule has 0 radical (unpaired) electrons. The SMILES string of the molecule is CNCC(=O)NCCc1nc(-c2cccnc2)n[nH]1. The molecule has 0 aromatic carbocycles. The van der Waals surface area contributed by atoms with Crippen LogP contribution in [0.4, 0.5) is 0 Å². The van der Waals surface area contributed by atoms with Crippen LogP contribution in [0.1, 0.15) is 5.82 Å². The first-order chi connectivity index (χ1) is 9.29. The van der Waals surface area contributed by atoms with Gasteiger partial charge in [-0.05, 0) is 19.2 Å². The molecule has 0 spiro atoms. The summed E-state index contributed by atoms with van der Waals surface area (Å²) >= 11 is 0. The van der Waals surface area contributed by atoms with Gasteiger partial charge in [0.1, 0.15) is 5.82 Å². The number of aromatic nitrogens is 4. The maximum Gasteiger partial charge on any atom is 0.233 e. The predicted molar refractivity (Wildman–Crippen MR) is 70.3 cm³/mol. The van der Waals surface area contributed by atoms with Gasteiger partial charge in [0.05, 0.1) is 6.54 Å². The van der Waals surface area contributed by atoms with Crippen LogP contribution >= 0.6 is 0 Å². The van der Waals surface area contributed by atoms with Gasteiger partial charge in [-0.1, -0.05) is 0 Å². The summed E-state index contributed by atoms with van der Waals surface area (Å²) in [4.78, 5) is 19.6. The monoisotopic (exact) mass is 260 g/mol. The van der Waals surface area contributed by atoms with Gasteiger partial charge in [0, 0.05) is 30.9 Å². The Kier molecular flexibility index (Phi) is 4.57. The van der Waals surface area contributed by atoms with Crippen molar-refractivity contribution in [2.45, 2.75) is 6.42 Å². The van der Waals surface area contributed by atoms with Gasteiger partial charge in [-0.3, -0.25) is 14.9 Å². The number of aromatic amines is 1. The Morgan fingerprint density at radius 3 is 3.11 bits per heavy atom. The lowest BCUT2D eigenvalue weighted by Gasteiger charge is -2.02. The number of hydrogen-bond acceptors (Lipinski definition) is 5. The summed E-state index contributed by atoms with van der Waals surface area (Å²) in [6.07, 6.45) is 4.03. The molecule has 7 nitrogen and oxygen atoms in total. The summed E-state index contributed by atoms with van der Waals surface area (Å²) in [5.74, 6) is 1.32. The van der Waals surface area contributed by atoms with Gasteiger partial charge in [0.25, 0.3) is 0 Å². The molecule has 0 unspecified atom stereocenters. The lowest BCUT2D eigenvalue weighted by atomic mass is 10.3. The molecule has 100 valence electrons. The molecule has 0 bridgehead atoms. The van der Waals surface area contributed by atoms with Crippen molar-refractivity contribution in [2.24, 2.45) is 0 Å². The molecule has 2 aromatic heterocycles. The molecule has 0 fully saturated rings. The fourth-order valence-electron chi connectivity index (χ4n) is 1.57. The molecule has 1 amide bonds. The van der Waals surface area contributed by atoms with E-state index in [9.17, 15) is 4.79 Å². The summed E-state index contributed by atoms with van der Waals surface area (Å²) in [6, 6.07) is 3.73. The van der Waals surface area contributed by atoms with Crippen molar-refractivity contribution in [3.63, 3.8) is 0 Å². The Morgan fingerprint density at radius 2 is 2.37 bits per heavy atom. The highest BCUT2D eigenvalue weighted by Gasteiger charge is 2.06. The Hall–Kier alpha value is -2.28. The molecule has 2 rings (SSSR count). The minimum Gasteiger partial charge on any atom is -0.355 e. The largest absolute Gasteiger partial charge is 0.355 e. The van der Waals surface area contributed by atoms with E-state index in [1.165, 1.54) is 0 Å². The molecule has 0 saturated heterocycles. The van der Waals surface area contributed by atoms with Gasteiger partial charge >= 0.3 is 0 Å². The molecular formula is C12H16N6O. The Labute approximate surface area is 110 Å². The zero-order valence-electron chi connectivity index (χ0n) is 10.7. The van der Waals surface area contributed by atoms with Gasteiger partial charge < -0.3 is 10.6 Å². The zero-order chi connectivity index (χ0) is 13.5. The van der Waals surface area contributed by atoms with E-state index in [0.29, 0.717) is 25.3 Å². The number of likely N-dealkylation sites (N-methyl/N-ethyl adjacent to an activating group) is 1. The Bertz CT molecular complexity index is 524. The summed E-state index contributed by atoms with van der Waals surface area (Å²) < 4.78 is 0. The van der Waals surface area contributed by atoms with Crippen molar-refractivity contribution in [3.8, 4) is 11.4 Å². The lowest BCUT2D eigenvalue weighted by molar-refractivity contribution is -0.120. The van der Waals surface area contributed by atoms with E-state index in [4.69, 9.17) is 0 Å². The van der Waals surface area contributed by atoms with Gasteiger partial charge in [-0.25, -0.2) is 4.98 Å². The van der Waals surface area contributed by atoms with Crippen LogP contribution in [0.2, 0.25) is 0 Å². The standard InChI is InChI=1S/C12H16N6O/c1-13-8-11(19)15-6-4-10-16-12(18-17-10)9-3-2-5-14-7-9/h2-3,5,7,13H,4,6,8H2,1H3,(H,15,19)(H,16,17,18). The van der Waals surface area contributed by atoms with Crippen molar-refractivity contribution in [1.82, 2.24) is 30.8 Å². The second kappa shape index (κ2) is 6.60. The zero-order valence-corrected chi connectivity index (χ0v) is 10.7. The highest BCUT2D eigenvalue weighted by atomic mass is 16.1. The van der Waals surface area contributed by atoms with E-state index in [-0.39, 0.29) is 5.91 Å². The molecule has 0 saturated carbocycles. The van der Waals surface area contributed by atoms with E-state index in [1.807, 2.05) is 12.1 Å². The van der Waals surface area contributed by atoms with E-state index in [2.05, 4.69) is 30.8 Å². The lowest BCUT2D eigenvalue weighted by Crippen LogP contribution is -2.33. The molecule has 7 heteroatoms. The van der Waals surface area contributed by atoms with Crippen LogP contribution in [-0.2, 0) is 11.2 Å². The number of pyridine rings is 1. The highest BCUT2D eigenvalue weighted by Crippen LogP contribution is 2.11. The van der Waals surface area contributed by atoms with E-state index >= 15 is 0 Å². The van der Waals surface area contributed by atoms with Gasteiger partial charge in [0.15, 0.2) is 5.82 Å². The molecule has 0 aliphatic carbocycles. The topological polar surface area (TPSA) is 95.6 Å². The summed E-state index contributed by atoms with van der Waals surface area (Å²) in [6.45, 7) is 0.847. The van der Waals surface area contributed by atoms with Crippen molar-refractivity contribution >= 4 is 5.91 Å². The first-order valence-electron chi connectivity index (χ1n) is 6.02. The number of carbonyl (C=O) groups is 1. The van der Waals surface area contributed by atoms with E-state index < -0.39 is 0 Å². The molecule has 19 heavy (non-hydrogen) atoms. The third kappa shape index (κ3) is 3.85. The van der Waals surface area contributed by atoms with Crippen LogP contribution in [0.15, 0.2) is 24.5 Å². The molecule has 3 N–H and O–H groups in total. The minimum absolute atomic E-state index is 0.0329. The number of nitrogens with one attached hydrogen (secondary N) is 3. The molecule has 0 aliphatic rings. The number of hydrogen-bond donors (Lipinski definition) is 3. The second-order valence-electron chi connectivity index (χ2n) is 3.98. The number of H-pyrrole nitrogens is 1. The van der Waals surface area contributed by atoms with Gasteiger partial charge in [0.2, 0.25) is 5.91 Å².